The fourth-order valence-corrected chi connectivity index (χ4v) is 3.46. The molecule has 1 saturated carbocycles. The van der Waals surface area contributed by atoms with E-state index < -0.39 is 0 Å². The first kappa shape index (κ1) is 12.4. The fraction of sp³-hybridized carbons (Fsp3) is 0.929. The molecule has 4 unspecified atom stereocenters. The molecule has 3 aliphatic rings. The van der Waals surface area contributed by atoms with E-state index >= 15 is 0 Å². The van der Waals surface area contributed by atoms with Crippen LogP contribution in [0.3, 0.4) is 0 Å². The van der Waals surface area contributed by atoms with E-state index in [9.17, 15) is 4.79 Å². The molecule has 0 aromatic heterocycles. The predicted octanol–water partition coefficient (Wildman–Crippen LogP) is 1.36. The summed E-state index contributed by atoms with van der Waals surface area (Å²) >= 11 is 0. The Morgan fingerprint density at radius 2 is 2.06 bits per heavy atom. The normalized spacial score (nSPS) is 41.1. The van der Waals surface area contributed by atoms with Crippen molar-refractivity contribution in [3.8, 4) is 0 Å². The molecule has 102 valence electrons. The maximum atomic E-state index is 12.5. The van der Waals surface area contributed by atoms with Crippen LogP contribution < -0.4 is 5.32 Å². The van der Waals surface area contributed by atoms with E-state index in [0.717, 1.165) is 13.0 Å². The molecule has 0 radical (unpaired) electrons. The zero-order valence-electron chi connectivity index (χ0n) is 11.6. The Morgan fingerprint density at radius 3 is 2.61 bits per heavy atom. The summed E-state index contributed by atoms with van der Waals surface area (Å²) in [6.07, 6.45) is 4.00. The molecular weight excluding hydrogens is 228 g/mol. The molecule has 2 heterocycles. The summed E-state index contributed by atoms with van der Waals surface area (Å²) < 4.78 is 5.87. The highest BCUT2D eigenvalue weighted by molar-refractivity contribution is 5.85. The van der Waals surface area contributed by atoms with Gasteiger partial charge < -0.3 is 9.64 Å². The SMILES string of the molecule is CC(C)C1NC(C)N(C2CCOC2C2CC2)C1=O. The Bertz CT molecular complexity index is 341. The summed E-state index contributed by atoms with van der Waals surface area (Å²) in [6, 6.07) is 0.289. The number of rotatable bonds is 3. The molecule has 2 aliphatic heterocycles. The van der Waals surface area contributed by atoms with Crippen LogP contribution in [0.1, 0.15) is 40.0 Å². The van der Waals surface area contributed by atoms with Crippen LogP contribution in [0.15, 0.2) is 0 Å². The number of hydrogen-bond donors (Lipinski definition) is 1. The number of nitrogens with zero attached hydrogens (tertiary/aromatic N) is 1. The first-order valence-electron chi connectivity index (χ1n) is 7.29. The third kappa shape index (κ3) is 1.95. The zero-order chi connectivity index (χ0) is 12.9. The van der Waals surface area contributed by atoms with Gasteiger partial charge in [0, 0.05) is 6.61 Å². The molecule has 0 aromatic rings. The molecule has 18 heavy (non-hydrogen) atoms. The van der Waals surface area contributed by atoms with Crippen LogP contribution >= 0.6 is 0 Å². The van der Waals surface area contributed by atoms with Gasteiger partial charge in [-0.3, -0.25) is 10.1 Å². The summed E-state index contributed by atoms with van der Waals surface area (Å²) in [6.45, 7) is 7.13. The zero-order valence-corrected chi connectivity index (χ0v) is 11.6. The topological polar surface area (TPSA) is 41.6 Å². The average molecular weight is 252 g/mol. The maximum absolute atomic E-state index is 12.5. The Hall–Kier alpha value is -0.610. The lowest BCUT2D eigenvalue weighted by Crippen LogP contribution is -2.47. The lowest BCUT2D eigenvalue weighted by molar-refractivity contribution is -0.134. The number of hydrogen-bond acceptors (Lipinski definition) is 3. The van der Waals surface area contributed by atoms with E-state index in [2.05, 4.69) is 31.0 Å². The molecule has 1 amide bonds. The van der Waals surface area contributed by atoms with Crippen LogP contribution in [0, 0.1) is 11.8 Å². The van der Waals surface area contributed by atoms with Crippen molar-refractivity contribution in [1.29, 1.82) is 0 Å². The molecule has 1 N–H and O–H groups in total. The highest BCUT2D eigenvalue weighted by Gasteiger charge is 2.49. The third-order valence-electron chi connectivity index (χ3n) is 4.57. The largest absolute Gasteiger partial charge is 0.376 e. The molecule has 4 nitrogen and oxygen atoms in total. The standard InChI is InChI=1S/C14H24N2O2/c1-8(2)12-14(17)16(9(3)15-12)11-6-7-18-13(11)10-4-5-10/h8-13,15H,4-7H2,1-3H3. The number of nitrogens with one attached hydrogen (secondary N) is 1. The van der Waals surface area contributed by atoms with Gasteiger partial charge in [-0.05, 0) is 38.0 Å². The van der Waals surface area contributed by atoms with Crippen molar-refractivity contribution in [2.45, 2.75) is 64.4 Å². The molecule has 0 bridgehead atoms. The number of carbonyl (C=O) groups is 1. The van der Waals surface area contributed by atoms with Gasteiger partial charge in [-0.2, -0.15) is 0 Å². The van der Waals surface area contributed by atoms with Gasteiger partial charge in [0.05, 0.1) is 24.4 Å². The van der Waals surface area contributed by atoms with E-state index in [-0.39, 0.29) is 18.1 Å². The van der Waals surface area contributed by atoms with Crippen molar-refractivity contribution in [1.82, 2.24) is 10.2 Å². The minimum Gasteiger partial charge on any atom is -0.376 e. The van der Waals surface area contributed by atoms with Crippen LogP contribution in [0.5, 0.6) is 0 Å². The predicted molar refractivity (Wildman–Crippen MR) is 68.9 cm³/mol. The van der Waals surface area contributed by atoms with Crippen molar-refractivity contribution >= 4 is 5.91 Å². The van der Waals surface area contributed by atoms with Gasteiger partial charge in [0.25, 0.3) is 0 Å². The molecule has 4 heteroatoms. The molecule has 4 atom stereocenters. The molecular formula is C14H24N2O2. The van der Waals surface area contributed by atoms with Crippen LogP contribution in [0.2, 0.25) is 0 Å². The van der Waals surface area contributed by atoms with Gasteiger partial charge in [-0.1, -0.05) is 13.8 Å². The second kappa shape index (κ2) is 4.49. The highest BCUT2D eigenvalue weighted by atomic mass is 16.5. The van der Waals surface area contributed by atoms with Crippen molar-refractivity contribution in [3.63, 3.8) is 0 Å². The van der Waals surface area contributed by atoms with Gasteiger partial charge >= 0.3 is 0 Å². The summed E-state index contributed by atoms with van der Waals surface area (Å²) in [4.78, 5) is 14.6. The van der Waals surface area contributed by atoms with Gasteiger partial charge in [0.2, 0.25) is 5.91 Å². The fourth-order valence-electron chi connectivity index (χ4n) is 3.46. The summed E-state index contributed by atoms with van der Waals surface area (Å²) in [7, 11) is 0. The Kier molecular flexibility index (Phi) is 3.10. The summed E-state index contributed by atoms with van der Waals surface area (Å²) in [5.41, 5.74) is 0. The first-order valence-corrected chi connectivity index (χ1v) is 7.29. The second-order valence-corrected chi connectivity index (χ2v) is 6.34. The molecule has 0 spiro atoms. The smallest absolute Gasteiger partial charge is 0.241 e. The molecule has 3 fully saturated rings. The van der Waals surface area contributed by atoms with Gasteiger partial charge in [-0.25, -0.2) is 0 Å². The first-order chi connectivity index (χ1) is 8.59. The Morgan fingerprint density at radius 1 is 1.33 bits per heavy atom. The molecule has 3 rings (SSSR count). The third-order valence-corrected chi connectivity index (χ3v) is 4.57. The van der Waals surface area contributed by atoms with Crippen molar-refractivity contribution in [2.24, 2.45) is 11.8 Å². The van der Waals surface area contributed by atoms with E-state index in [1.54, 1.807) is 0 Å². The van der Waals surface area contributed by atoms with Crippen LogP contribution in [-0.2, 0) is 9.53 Å². The minimum absolute atomic E-state index is 0.0135. The van der Waals surface area contributed by atoms with E-state index in [1.807, 2.05) is 0 Å². The van der Waals surface area contributed by atoms with E-state index in [4.69, 9.17) is 4.74 Å². The van der Waals surface area contributed by atoms with Crippen LogP contribution in [0.25, 0.3) is 0 Å². The number of carbonyl (C=O) groups excluding carboxylic acids is 1. The second-order valence-electron chi connectivity index (χ2n) is 6.34. The van der Waals surface area contributed by atoms with Crippen molar-refractivity contribution in [3.05, 3.63) is 0 Å². The summed E-state index contributed by atoms with van der Waals surface area (Å²) in [5.74, 6) is 1.33. The van der Waals surface area contributed by atoms with Gasteiger partial charge in [-0.15, -0.1) is 0 Å². The molecule has 2 saturated heterocycles. The van der Waals surface area contributed by atoms with E-state index in [1.165, 1.54) is 12.8 Å². The number of ether oxygens (including phenoxy) is 1. The van der Waals surface area contributed by atoms with Crippen LogP contribution in [-0.4, -0.2) is 41.8 Å². The lowest BCUT2D eigenvalue weighted by Gasteiger charge is -2.31. The number of amides is 1. The van der Waals surface area contributed by atoms with Crippen LogP contribution in [0.4, 0.5) is 0 Å². The van der Waals surface area contributed by atoms with Crippen molar-refractivity contribution < 1.29 is 9.53 Å². The van der Waals surface area contributed by atoms with E-state index in [0.29, 0.717) is 24.0 Å². The molecule has 1 aliphatic carbocycles. The quantitative estimate of drug-likeness (QED) is 0.824. The van der Waals surface area contributed by atoms with Gasteiger partial charge in [0.1, 0.15) is 0 Å². The highest BCUT2D eigenvalue weighted by Crippen LogP contribution is 2.41. The Balaban J connectivity index is 1.76. The maximum Gasteiger partial charge on any atom is 0.241 e. The minimum atomic E-state index is -0.0135. The Labute approximate surface area is 109 Å². The lowest BCUT2D eigenvalue weighted by atomic mass is 10.0. The monoisotopic (exact) mass is 252 g/mol. The van der Waals surface area contributed by atoms with Crippen molar-refractivity contribution in [2.75, 3.05) is 6.61 Å². The van der Waals surface area contributed by atoms with Gasteiger partial charge in [0.15, 0.2) is 0 Å². The molecule has 0 aromatic carbocycles. The summed E-state index contributed by atoms with van der Waals surface area (Å²) in [5, 5.41) is 3.43. The average Bonchev–Trinajstić information content (AvgIpc) is 2.97.